The van der Waals surface area contributed by atoms with Crippen molar-refractivity contribution in [2.24, 2.45) is 11.8 Å². The topological polar surface area (TPSA) is 52.7 Å². The summed E-state index contributed by atoms with van der Waals surface area (Å²) in [6, 6.07) is 7.02. The van der Waals surface area contributed by atoms with Crippen molar-refractivity contribution in [1.82, 2.24) is 10.2 Å². The first-order valence-corrected chi connectivity index (χ1v) is 10.7. The molecule has 0 bridgehead atoms. The number of benzene rings is 1. The van der Waals surface area contributed by atoms with Crippen LogP contribution < -0.4 is 10.2 Å². The summed E-state index contributed by atoms with van der Waals surface area (Å²) >= 11 is 0. The van der Waals surface area contributed by atoms with Gasteiger partial charge in [0.1, 0.15) is 5.82 Å². The third-order valence-electron chi connectivity index (χ3n) is 6.69. The lowest BCUT2D eigenvalue weighted by Gasteiger charge is -2.36. The van der Waals surface area contributed by atoms with Gasteiger partial charge in [-0.2, -0.15) is 0 Å². The number of nitrogens with one attached hydrogen (secondary N) is 1. The highest BCUT2D eigenvalue weighted by molar-refractivity contribution is 6.00. The van der Waals surface area contributed by atoms with E-state index < -0.39 is 11.7 Å². The number of hydrogen-bond donors (Lipinski definition) is 1. The van der Waals surface area contributed by atoms with E-state index in [-0.39, 0.29) is 30.5 Å². The minimum absolute atomic E-state index is 0.0783. The number of para-hydroxylation sites is 1. The lowest BCUT2D eigenvalue weighted by atomic mass is 9.95. The van der Waals surface area contributed by atoms with Gasteiger partial charge >= 0.3 is 0 Å². The average Bonchev–Trinajstić information content (AvgIpc) is 3.37. The molecule has 6 heteroatoms. The van der Waals surface area contributed by atoms with Crippen molar-refractivity contribution in [3.8, 4) is 0 Å². The van der Waals surface area contributed by atoms with E-state index in [2.05, 4.69) is 10.2 Å². The van der Waals surface area contributed by atoms with Crippen LogP contribution in [0.5, 0.6) is 0 Å². The van der Waals surface area contributed by atoms with Gasteiger partial charge in [-0.15, -0.1) is 0 Å². The second-order valence-corrected chi connectivity index (χ2v) is 8.52. The number of carbonyl (C=O) groups is 2. The summed E-state index contributed by atoms with van der Waals surface area (Å²) in [5.74, 6) is -0.571. The summed E-state index contributed by atoms with van der Waals surface area (Å²) in [6.07, 6.45) is 7.82. The van der Waals surface area contributed by atoms with Crippen molar-refractivity contribution in [1.29, 1.82) is 0 Å². The smallest absolute Gasteiger partial charge is 0.227 e. The van der Waals surface area contributed by atoms with Crippen LogP contribution in [-0.4, -0.2) is 48.9 Å². The Bertz CT molecular complexity index is 711. The first-order valence-electron chi connectivity index (χ1n) is 10.7. The van der Waals surface area contributed by atoms with E-state index in [4.69, 9.17) is 0 Å². The maximum Gasteiger partial charge on any atom is 0.227 e. The molecule has 2 amide bonds. The zero-order chi connectivity index (χ0) is 19.5. The maximum absolute atomic E-state index is 14.0. The number of halogens is 1. The molecule has 5 nitrogen and oxygen atoms in total. The molecule has 0 aromatic heterocycles. The number of nitrogens with zero attached hydrogens (tertiary/aromatic N) is 2. The molecule has 1 unspecified atom stereocenters. The van der Waals surface area contributed by atoms with Gasteiger partial charge in [-0.1, -0.05) is 25.0 Å². The molecule has 1 N–H and O–H groups in total. The number of rotatable bonds is 5. The van der Waals surface area contributed by atoms with Gasteiger partial charge in [-0.3, -0.25) is 9.59 Å². The summed E-state index contributed by atoms with van der Waals surface area (Å²) in [5.41, 5.74) is 0.266. The number of likely N-dealkylation sites (tertiary alicyclic amines) is 1. The zero-order valence-electron chi connectivity index (χ0n) is 16.4. The molecule has 2 heterocycles. The maximum atomic E-state index is 14.0. The van der Waals surface area contributed by atoms with Gasteiger partial charge < -0.3 is 15.1 Å². The Morgan fingerprint density at radius 2 is 1.82 bits per heavy atom. The largest absolute Gasteiger partial charge is 0.356 e. The predicted molar refractivity (Wildman–Crippen MR) is 106 cm³/mol. The van der Waals surface area contributed by atoms with Crippen LogP contribution in [0.25, 0.3) is 0 Å². The summed E-state index contributed by atoms with van der Waals surface area (Å²) in [7, 11) is 0. The zero-order valence-corrected chi connectivity index (χ0v) is 16.4. The Balaban J connectivity index is 1.24. The first kappa shape index (κ1) is 19.4. The molecule has 2 aliphatic heterocycles. The number of carbonyl (C=O) groups excluding carboxylic acids is 2. The number of hydrogen-bond acceptors (Lipinski definition) is 3. The summed E-state index contributed by atoms with van der Waals surface area (Å²) in [5, 5.41) is 3.06. The Labute approximate surface area is 166 Å². The molecule has 1 aliphatic carbocycles. The van der Waals surface area contributed by atoms with Crippen LogP contribution in [0.1, 0.15) is 44.9 Å². The monoisotopic (exact) mass is 387 g/mol. The third-order valence-corrected chi connectivity index (χ3v) is 6.69. The SMILES string of the molecule is O=C(NCC1CCN(C2CCCC2)CC1)C1CC(=O)N(c2ccccc2F)C1. The lowest BCUT2D eigenvalue weighted by Crippen LogP contribution is -2.43. The molecule has 0 spiro atoms. The van der Waals surface area contributed by atoms with Crippen molar-refractivity contribution >= 4 is 17.5 Å². The number of amides is 2. The summed E-state index contributed by atoms with van der Waals surface area (Å²) in [4.78, 5) is 28.9. The van der Waals surface area contributed by atoms with Crippen molar-refractivity contribution in [2.45, 2.75) is 51.0 Å². The minimum atomic E-state index is -0.425. The van der Waals surface area contributed by atoms with Gasteiger partial charge in [0.15, 0.2) is 0 Å². The summed E-state index contributed by atoms with van der Waals surface area (Å²) < 4.78 is 14.0. The van der Waals surface area contributed by atoms with Crippen LogP contribution in [0.2, 0.25) is 0 Å². The van der Waals surface area contributed by atoms with Crippen LogP contribution in [0.3, 0.4) is 0 Å². The summed E-state index contributed by atoms with van der Waals surface area (Å²) in [6.45, 7) is 3.20. The van der Waals surface area contributed by atoms with Crippen LogP contribution in [0.15, 0.2) is 24.3 Å². The van der Waals surface area contributed by atoms with E-state index in [9.17, 15) is 14.0 Å². The van der Waals surface area contributed by atoms with Gasteiger partial charge in [-0.05, 0) is 56.8 Å². The Kier molecular flexibility index (Phi) is 5.95. The highest BCUT2D eigenvalue weighted by Gasteiger charge is 2.36. The van der Waals surface area contributed by atoms with Crippen molar-refractivity contribution in [3.63, 3.8) is 0 Å². The molecule has 152 valence electrons. The van der Waals surface area contributed by atoms with Crippen LogP contribution >= 0.6 is 0 Å². The second-order valence-electron chi connectivity index (χ2n) is 8.52. The highest BCUT2D eigenvalue weighted by Crippen LogP contribution is 2.29. The van der Waals surface area contributed by atoms with Gasteiger partial charge in [0, 0.05) is 25.6 Å². The Morgan fingerprint density at radius 1 is 1.11 bits per heavy atom. The second kappa shape index (κ2) is 8.60. The predicted octanol–water partition coefficient (Wildman–Crippen LogP) is 2.95. The number of piperidine rings is 1. The van der Waals surface area contributed by atoms with E-state index in [1.54, 1.807) is 18.2 Å². The van der Waals surface area contributed by atoms with Gasteiger partial charge in [0.2, 0.25) is 11.8 Å². The number of anilines is 1. The Morgan fingerprint density at radius 3 is 2.54 bits per heavy atom. The average molecular weight is 387 g/mol. The molecule has 0 radical (unpaired) electrons. The van der Waals surface area contributed by atoms with E-state index >= 15 is 0 Å². The molecular formula is C22H30FN3O2. The van der Waals surface area contributed by atoms with Crippen molar-refractivity contribution < 1.29 is 14.0 Å². The van der Waals surface area contributed by atoms with Crippen molar-refractivity contribution in [3.05, 3.63) is 30.1 Å². The molecule has 1 aromatic carbocycles. The fourth-order valence-electron chi connectivity index (χ4n) is 4.97. The van der Waals surface area contributed by atoms with Crippen molar-refractivity contribution in [2.75, 3.05) is 31.1 Å². The molecule has 28 heavy (non-hydrogen) atoms. The van der Waals surface area contributed by atoms with E-state index in [0.717, 1.165) is 32.0 Å². The molecule has 1 saturated carbocycles. The minimum Gasteiger partial charge on any atom is -0.356 e. The molecule has 1 atom stereocenters. The standard InChI is InChI=1S/C22H30FN3O2/c23-19-7-3-4-8-20(19)26-15-17(13-21(26)27)22(28)24-14-16-9-11-25(12-10-16)18-5-1-2-6-18/h3-4,7-8,16-18H,1-2,5-6,9-15H2,(H,24,28). The van der Waals surface area contributed by atoms with Gasteiger partial charge in [-0.25, -0.2) is 4.39 Å². The van der Waals surface area contributed by atoms with E-state index in [1.807, 2.05) is 0 Å². The van der Waals surface area contributed by atoms with Crippen LogP contribution in [-0.2, 0) is 9.59 Å². The molecule has 3 fully saturated rings. The molecule has 4 rings (SSSR count). The molecule has 1 aromatic rings. The first-order chi connectivity index (χ1) is 13.6. The molecular weight excluding hydrogens is 357 g/mol. The highest BCUT2D eigenvalue weighted by atomic mass is 19.1. The fourth-order valence-corrected chi connectivity index (χ4v) is 4.97. The Hall–Kier alpha value is -1.95. The fraction of sp³-hybridized carbons (Fsp3) is 0.636. The molecule has 3 aliphatic rings. The molecule has 2 saturated heterocycles. The van der Waals surface area contributed by atoms with Crippen LogP contribution in [0.4, 0.5) is 10.1 Å². The normalized spacial score (nSPS) is 24.8. The lowest BCUT2D eigenvalue weighted by molar-refractivity contribution is -0.126. The van der Waals surface area contributed by atoms with E-state index in [0.29, 0.717) is 12.5 Å². The van der Waals surface area contributed by atoms with Crippen LogP contribution in [0, 0.1) is 17.7 Å². The quantitative estimate of drug-likeness (QED) is 0.845. The van der Waals surface area contributed by atoms with Gasteiger partial charge in [0.25, 0.3) is 0 Å². The third kappa shape index (κ3) is 4.22. The van der Waals surface area contributed by atoms with Gasteiger partial charge in [0.05, 0.1) is 11.6 Å². The van der Waals surface area contributed by atoms with E-state index in [1.165, 1.54) is 36.6 Å².